The minimum Gasteiger partial charge on any atom is -0.365 e. The third-order valence-electron chi connectivity index (χ3n) is 6.35. The maximum Gasteiger partial charge on any atom is 0.417 e. The van der Waals surface area contributed by atoms with Crippen molar-refractivity contribution in [3.8, 4) is 5.69 Å². The number of amides is 1. The zero-order valence-corrected chi connectivity index (χ0v) is 17.6. The number of pyridine rings is 1. The number of alkyl halides is 3. The molecule has 0 saturated carbocycles. The Morgan fingerprint density at radius 3 is 2.55 bits per heavy atom. The predicted octanol–water partition coefficient (Wildman–Crippen LogP) is 3.99. The van der Waals surface area contributed by atoms with Gasteiger partial charge in [-0.05, 0) is 49.9 Å². The molecule has 2 aliphatic rings. The Bertz CT molecular complexity index is 1180. The summed E-state index contributed by atoms with van der Waals surface area (Å²) in [7, 11) is 0. The van der Waals surface area contributed by atoms with Crippen LogP contribution in [0.2, 0.25) is 0 Å². The summed E-state index contributed by atoms with van der Waals surface area (Å²) in [6.07, 6.45) is 1.32. The van der Waals surface area contributed by atoms with Crippen LogP contribution in [0.4, 0.5) is 23.4 Å². The van der Waals surface area contributed by atoms with E-state index in [0.29, 0.717) is 17.8 Å². The first-order valence-electron chi connectivity index (χ1n) is 10.5. The Kier molecular flexibility index (Phi) is 5.06. The molecular weight excluding hydrogens is 440 g/mol. The van der Waals surface area contributed by atoms with Crippen LogP contribution < -0.4 is 5.32 Å². The van der Waals surface area contributed by atoms with E-state index in [1.54, 1.807) is 24.0 Å². The van der Waals surface area contributed by atoms with Crippen LogP contribution in [0.25, 0.3) is 5.69 Å². The van der Waals surface area contributed by atoms with E-state index >= 15 is 0 Å². The lowest BCUT2D eigenvalue weighted by molar-refractivity contribution is -0.137. The number of aryl methyl sites for hydroxylation is 1. The van der Waals surface area contributed by atoms with Crippen molar-refractivity contribution in [3.63, 3.8) is 0 Å². The Hall–Kier alpha value is -3.50. The van der Waals surface area contributed by atoms with E-state index in [0.717, 1.165) is 29.9 Å². The van der Waals surface area contributed by atoms with Gasteiger partial charge in [-0.3, -0.25) is 4.79 Å². The minimum absolute atomic E-state index is 0.00483. The van der Waals surface area contributed by atoms with Crippen molar-refractivity contribution >= 4 is 11.7 Å². The highest BCUT2D eigenvalue weighted by molar-refractivity contribution is 5.98. The van der Waals surface area contributed by atoms with Crippen molar-refractivity contribution in [3.05, 3.63) is 65.4 Å². The number of halogens is 4. The molecule has 1 aromatic carbocycles. The number of carbonyl (C=O) groups is 1. The summed E-state index contributed by atoms with van der Waals surface area (Å²) in [5.74, 6) is -0.568. The van der Waals surface area contributed by atoms with Gasteiger partial charge in [0.05, 0.1) is 29.6 Å². The average Bonchev–Trinajstić information content (AvgIpc) is 3.51. The highest BCUT2D eigenvalue weighted by Gasteiger charge is 2.49. The molecule has 3 aromatic rings. The fourth-order valence-electron chi connectivity index (χ4n) is 4.80. The SMILES string of the molecule is Cc1ccc(C(=O)N2[C@@H]3CC[C@H]2[C@H](Nc2ccc(C(F)(F)F)cn2)C3)c(-n2nccn2)c1F. The van der Waals surface area contributed by atoms with Crippen molar-refractivity contribution in [1.82, 2.24) is 24.9 Å². The van der Waals surface area contributed by atoms with Gasteiger partial charge in [0, 0.05) is 18.3 Å². The van der Waals surface area contributed by atoms with E-state index in [1.807, 2.05) is 0 Å². The van der Waals surface area contributed by atoms with Gasteiger partial charge >= 0.3 is 6.18 Å². The first-order chi connectivity index (χ1) is 15.7. The van der Waals surface area contributed by atoms with Crippen LogP contribution in [-0.2, 0) is 6.18 Å². The summed E-state index contributed by atoms with van der Waals surface area (Å²) in [6, 6.07) is 4.99. The van der Waals surface area contributed by atoms with Crippen molar-refractivity contribution in [1.29, 1.82) is 0 Å². The molecule has 1 amide bonds. The van der Waals surface area contributed by atoms with Gasteiger partial charge in [0.25, 0.3) is 5.91 Å². The second-order valence-corrected chi connectivity index (χ2v) is 8.34. The third kappa shape index (κ3) is 3.70. The van der Waals surface area contributed by atoms with Crippen LogP contribution in [0.5, 0.6) is 0 Å². The minimum atomic E-state index is -4.45. The molecule has 0 radical (unpaired) electrons. The molecule has 2 bridgehead atoms. The molecule has 0 spiro atoms. The van der Waals surface area contributed by atoms with Gasteiger partial charge in [-0.2, -0.15) is 23.4 Å². The van der Waals surface area contributed by atoms with Gasteiger partial charge in [-0.1, -0.05) is 6.07 Å². The first-order valence-corrected chi connectivity index (χ1v) is 10.5. The van der Waals surface area contributed by atoms with Gasteiger partial charge in [0.1, 0.15) is 11.5 Å². The van der Waals surface area contributed by atoms with Crippen LogP contribution in [0.1, 0.15) is 40.7 Å². The van der Waals surface area contributed by atoms with E-state index in [1.165, 1.54) is 18.5 Å². The van der Waals surface area contributed by atoms with Crippen LogP contribution in [-0.4, -0.2) is 48.9 Å². The molecule has 4 heterocycles. The topological polar surface area (TPSA) is 75.9 Å². The number of carbonyl (C=O) groups excluding carboxylic acids is 1. The summed E-state index contributed by atoms with van der Waals surface area (Å²) >= 11 is 0. The standard InChI is InChI=1S/C22H20F4N6O/c1-12-2-5-15(20(19(12)23)32-28-8-9-29-32)21(33)31-14-4-6-17(31)16(10-14)30-18-7-3-13(11-27-18)22(24,25)26/h2-3,5,7-9,11,14,16-17H,4,6,10H2,1H3,(H,27,30)/t14-,16-,17+/m1/s1. The van der Waals surface area contributed by atoms with Crippen molar-refractivity contribution in [2.45, 2.75) is 50.5 Å². The maximum absolute atomic E-state index is 15.0. The molecule has 11 heteroatoms. The summed E-state index contributed by atoms with van der Waals surface area (Å²) in [6.45, 7) is 1.60. The average molecular weight is 460 g/mol. The molecule has 33 heavy (non-hydrogen) atoms. The number of aromatic nitrogens is 4. The number of hydrogen-bond acceptors (Lipinski definition) is 5. The number of nitrogens with one attached hydrogen (secondary N) is 1. The molecule has 2 fully saturated rings. The van der Waals surface area contributed by atoms with Crippen molar-refractivity contribution in [2.24, 2.45) is 0 Å². The lowest BCUT2D eigenvalue weighted by Crippen LogP contribution is -2.40. The smallest absolute Gasteiger partial charge is 0.365 e. The fraction of sp³-hybridized carbons (Fsp3) is 0.364. The van der Waals surface area contributed by atoms with Gasteiger partial charge < -0.3 is 10.2 Å². The van der Waals surface area contributed by atoms with Gasteiger partial charge in [-0.15, -0.1) is 4.80 Å². The molecule has 5 rings (SSSR count). The van der Waals surface area contributed by atoms with Crippen LogP contribution >= 0.6 is 0 Å². The second-order valence-electron chi connectivity index (χ2n) is 8.34. The van der Waals surface area contributed by atoms with Gasteiger partial charge in [-0.25, -0.2) is 9.37 Å². The Morgan fingerprint density at radius 1 is 1.12 bits per heavy atom. The number of hydrogen-bond donors (Lipinski definition) is 1. The highest BCUT2D eigenvalue weighted by Crippen LogP contribution is 2.41. The maximum atomic E-state index is 15.0. The Labute approximate surface area is 186 Å². The Morgan fingerprint density at radius 2 is 1.88 bits per heavy atom. The number of fused-ring (bicyclic) bond motifs is 2. The highest BCUT2D eigenvalue weighted by atomic mass is 19.4. The first kappa shape index (κ1) is 21.4. The molecule has 3 atom stereocenters. The predicted molar refractivity (Wildman–Crippen MR) is 110 cm³/mol. The molecule has 2 saturated heterocycles. The van der Waals surface area contributed by atoms with Crippen LogP contribution in [0.15, 0.2) is 42.9 Å². The number of rotatable bonds is 4. The summed E-state index contributed by atoms with van der Waals surface area (Å²) in [5.41, 5.74) is -0.278. The number of benzene rings is 1. The molecule has 7 nitrogen and oxygen atoms in total. The van der Waals surface area contributed by atoms with Gasteiger partial charge in [0.2, 0.25) is 0 Å². The number of anilines is 1. The number of nitrogens with zero attached hydrogens (tertiary/aromatic N) is 5. The molecule has 2 aliphatic heterocycles. The quantitative estimate of drug-likeness (QED) is 0.596. The zero-order valence-electron chi connectivity index (χ0n) is 17.6. The van der Waals surface area contributed by atoms with Gasteiger partial charge in [0.15, 0.2) is 5.82 Å². The monoisotopic (exact) mass is 460 g/mol. The Balaban J connectivity index is 1.40. The van der Waals surface area contributed by atoms with Crippen LogP contribution in [0, 0.1) is 12.7 Å². The van der Waals surface area contributed by atoms with E-state index in [-0.39, 0.29) is 35.3 Å². The van der Waals surface area contributed by atoms with E-state index in [2.05, 4.69) is 20.5 Å². The third-order valence-corrected chi connectivity index (χ3v) is 6.35. The molecule has 1 N–H and O–H groups in total. The summed E-state index contributed by atoms with van der Waals surface area (Å²) in [5, 5.41) is 11.2. The zero-order chi connectivity index (χ0) is 23.3. The second kappa shape index (κ2) is 7.82. The lowest BCUT2D eigenvalue weighted by Gasteiger charge is -2.26. The van der Waals surface area contributed by atoms with Crippen LogP contribution in [0.3, 0.4) is 0 Å². The van der Waals surface area contributed by atoms with E-state index < -0.39 is 17.6 Å². The van der Waals surface area contributed by atoms with E-state index in [9.17, 15) is 22.4 Å². The molecule has 172 valence electrons. The molecular formula is C22H20F4N6O. The van der Waals surface area contributed by atoms with Crippen molar-refractivity contribution < 1.29 is 22.4 Å². The normalized spacial score (nSPS) is 22.1. The fourth-order valence-corrected chi connectivity index (χ4v) is 4.80. The molecule has 0 aliphatic carbocycles. The molecule has 0 unspecified atom stereocenters. The van der Waals surface area contributed by atoms with Crippen molar-refractivity contribution in [2.75, 3.05) is 5.32 Å². The lowest BCUT2D eigenvalue weighted by atomic mass is 9.95. The summed E-state index contributed by atoms with van der Waals surface area (Å²) < 4.78 is 53.4. The molecule has 2 aromatic heterocycles. The largest absolute Gasteiger partial charge is 0.417 e. The summed E-state index contributed by atoms with van der Waals surface area (Å²) in [4.78, 5) is 20.3. The van der Waals surface area contributed by atoms with E-state index in [4.69, 9.17) is 0 Å².